The van der Waals surface area contributed by atoms with Crippen molar-refractivity contribution in [1.29, 1.82) is 0 Å². The third kappa shape index (κ3) is 5.72. The minimum atomic E-state index is -0.872. The Hall–Kier alpha value is -1.59. The van der Waals surface area contributed by atoms with Crippen LogP contribution in [0.5, 0.6) is 0 Å². The Morgan fingerprint density at radius 1 is 1.26 bits per heavy atom. The Kier molecular flexibility index (Phi) is 6.32. The van der Waals surface area contributed by atoms with Crippen molar-refractivity contribution in [2.24, 2.45) is 5.92 Å². The van der Waals surface area contributed by atoms with Gasteiger partial charge in [-0.25, -0.2) is 0 Å². The van der Waals surface area contributed by atoms with Gasteiger partial charge in [0.1, 0.15) is 6.04 Å². The van der Waals surface area contributed by atoms with Gasteiger partial charge in [-0.3, -0.25) is 14.4 Å². The summed E-state index contributed by atoms with van der Waals surface area (Å²) < 4.78 is 0. The van der Waals surface area contributed by atoms with Crippen LogP contribution in [0.1, 0.15) is 45.4 Å². The maximum Gasteiger partial charge on any atom is 0.303 e. The summed E-state index contributed by atoms with van der Waals surface area (Å²) in [5, 5.41) is 13.9. The zero-order valence-corrected chi connectivity index (χ0v) is 11.3. The van der Waals surface area contributed by atoms with E-state index in [-0.39, 0.29) is 24.2 Å². The van der Waals surface area contributed by atoms with Gasteiger partial charge < -0.3 is 15.7 Å². The lowest BCUT2D eigenvalue weighted by molar-refractivity contribution is -0.137. The van der Waals surface area contributed by atoms with Crippen molar-refractivity contribution < 1.29 is 19.5 Å². The summed E-state index contributed by atoms with van der Waals surface area (Å²) in [6, 6.07) is -0.482. The van der Waals surface area contributed by atoms with Gasteiger partial charge in [0.05, 0.1) is 0 Å². The number of aliphatic carboxylic acids is 1. The molecule has 3 N–H and O–H groups in total. The zero-order valence-electron chi connectivity index (χ0n) is 11.3. The number of amides is 2. The molecule has 1 saturated carbocycles. The summed E-state index contributed by atoms with van der Waals surface area (Å²) >= 11 is 0. The molecule has 6 heteroatoms. The minimum absolute atomic E-state index is 0.0362. The van der Waals surface area contributed by atoms with Crippen molar-refractivity contribution in [2.45, 2.75) is 51.5 Å². The highest BCUT2D eigenvalue weighted by atomic mass is 16.4. The van der Waals surface area contributed by atoms with E-state index in [9.17, 15) is 14.4 Å². The summed E-state index contributed by atoms with van der Waals surface area (Å²) in [7, 11) is 0. The van der Waals surface area contributed by atoms with Gasteiger partial charge in [-0.1, -0.05) is 12.8 Å². The van der Waals surface area contributed by atoms with E-state index in [1.807, 2.05) is 0 Å². The molecule has 1 aliphatic carbocycles. The third-order valence-corrected chi connectivity index (χ3v) is 3.38. The number of rotatable bonds is 7. The quantitative estimate of drug-likeness (QED) is 0.592. The van der Waals surface area contributed by atoms with Crippen molar-refractivity contribution in [3.05, 3.63) is 0 Å². The molecule has 19 heavy (non-hydrogen) atoms. The first-order chi connectivity index (χ1) is 9.00. The van der Waals surface area contributed by atoms with Crippen LogP contribution in [0.15, 0.2) is 0 Å². The van der Waals surface area contributed by atoms with Gasteiger partial charge in [-0.15, -0.1) is 0 Å². The van der Waals surface area contributed by atoms with Gasteiger partial charge in [-0.05, 0) is 25.2 Å². The molecule has 0 radical (unpaired) electrons. The summed E-state index contributed by atoms with van der Waals surface area (Å²) in [4.78, 5) is 33.6. The zero-order chi connectivity index (χ0) is 14.3. The first-order valence-electron chi connectivity index (χ1n) is 6.77. The molecule has 1 atom stereocenters. The maximum atomic E-state index is 12.0. The lowest BCUT2D eigenvalue weighted by Crippen LogP contribution is -2.50. The van der Waals surface area contributed by atoms with E-state index in [1.165, 1.54) is 6.92 Å². The van der Waals surface area contributed by atoms with Gasteiger partial charge in [0.25, 0.3) is 0 Å². The summed E-state index contributed by atoms with van der Waals surface area (Å²) in [5.74, 6) is -1.09. The number of carboxylic acid groups (broad SMARTS) is 1. The minimum Gasteiger partial charge on any atom is -0.481 e. The highest BCUT2D eigenvalue weighted by molar-refractivity contribution is 5.87. The number of hydrogen-bond acceptors (Lipinski definition) is 3. The lowest BCUT2D eigenvalue weighted by Gasteiger charge is -2.23. The third-order valence-electron chi connectivity index (χ3n) is 3.38. The molecule has 108 valence electrons. The van der Waals surface area contributed by atoms with Crippen LogP contribution >= 0.6 is 0 Å². The largest absolute Gasteiger partial charge is 0.481 e. The Balaban J connectivity index is 2.42. The molecule has 1 unspecified atom stereocenters. The van der Waals surface area contributed by atoms with Gasteiger partial charge in [0, 0.05) is 19.9 Å². The molecule has 0 spiro atoms. The average Bonchev–Trinajstić information content (AvgIpc) is 2.84. The SMILES string of the molecule is CC(=O)NC(C(=O)NCCCC(=O)O)C1CCCC1. The molecule has 0 heterocycles. The molecule has 0 aromatic carbocycles. The Labute approximate surface area is 112 Å². The van der Waals surface area contributed by atoms with Gasteiger partial charge in [0.2, 0.25) is 11.8 Å². The second kappa shape index (κ2) is 7.76. The van der Waals surface area contributed by atoms with Crippen LogP contribution < -0.4 is 10.6 Å². The predicted molar refractivity (Wildman–Crippen MR) is 69.4 cm³/mol. The molecule has 0 bridgehead atoms. The van der Waals surface area contributed by atoms with Gasteiger partial charge in [0.15, 0.2) is 0 Å². The normalized spacial score (nSPS) is 16.9. The second-order valence-corrected chi connectivity index (χ2v) is 5.01. The Bertz CT molecular complexity index is 338. The topological polar surface area (TPSA) is 95.5 Å². The summed E-state index contributed by atoms with van der Waals surface area (Å²) in [5.41, 5.74) is 0. The van der Waals surface area contributed by atoms with Crippen LogP contribution in [0.25, 0.3) is 0 Å². The van der Waals surface area contributed by atoms with E-state index in [2.05, 4.69) is 10.6 Å². The first kappa shape index (κ1) is 15.5. The Morgan fingerprint density at radius 3 is 2.42 bits per heavy atom. The fourth-order valence-electron chi connectivity index (χ4n) is 2.47. The van der Waals surface area contributed by atoms with Crippen molar-refractivity contribution in [2.75, 3.05) is 6.54 Å². The van der Waals surface area contributed by atoms with E-state index in [4.69, 9.17) is 5.11 Å². The van der Waals surface area contributed by atoms with Crippen LogP contribution in [-0.4, -0.2) is 35.5 Å². The van der Waals surface area contributed by atoms with Crippen molar-refractivity contribution in [3.63, 3.8) is 0 Å². The van der Waals surface area contributed by atoms with Crippen LogP contribution in [0.4, 0.5) is 0 Å². The maximum absolute atomic E-state index is 12.0. The van der Waals surface area contributed by atoms with Gasteiger partial charge in [-0.2, -0.15) is 0 Å². The number of carbonyl (C=O) groups excluding carboxylic acids is 2. The highest BCUT2D eigenvalue weighted by Gasteiger charge is 2.30. The number of carbonyl (C=O) groups is 3. The van der Waals surface area contributed by atoms with E-state index >= 15 is 0 Å². The molecule has 0 aliphatic heterocycles. The molecule has 1 fully saturated rings. The number of hydrogen-bond donors (Lipinski definition) is 3. The van der Waals surface area contributed by atoms with E-state index in [0.717, 1.165) is 25.7 Å². The molecule has 1 aliphatic rings. The highest BCUT2D eigenvalue weighted by Crippen LogP contribution is 2.27. The standard InChI is InChI=1S/C13H22N2O4/c1-9(16)15-12(10-5-2-3-6-10)13(19)14-8-4-7-11(17)18/h10,12H,2-8H2,1H3,(H,14,19)(H,15,16)(H,17,18). The van der Waals surface area contributed by atoms with Crippen LogP contribution in [0, 0.1) is 5.92 Å². The fourth-order valence-corrected chi connectivity index (χ4v) is 2.47. The van der Waals surface area contributed by atoms with E-state index in [0.29, 0.717) is 13.0 Å². The molecular weight excluding hydrogens is 248 g/mol. The molecule has 0 aromatic rings. The van der Waals surface area contributed by atoms with Crippen LogP contribution in [-0.2, 0) is 14.4 Å². The molecule has 2 amide bonds. The summed E-state index contributed by atoms with van der Waals surface area (Å²) in [6.45, 7) is 1.73. The number of nitrogens with one attached hydrogen (secondary N) is 2. The van der Waals surface area contributed by atoms with Gasteiger partial charge >= 0.3 is 5.97 Å². The van der Waals surface area contributed by atoms with E-state index < -0.39 is 12.0 Å². The van der Waals surface area contributed by atoms with Crippen LogP contribution in [0.3, 0.4) is 0 Å². The monoisotopic (exact) mass is 270 g/mol. The smallest absolute Gasteiger partial charge is 0.303 e. The predicted octanol–water partition coefficient (Wildman–Crippen LogP) is 0.662. The molecule has 0 aromatic heterocycles. The second-order valence-electron chi connectivity index (χ2n) is 5.01. The average molecular weight is 270 g/mol. The van der Waals surface area contributed by atoms with Crippen molar-refractivity contribution in [3.8, 4) is 0 Å². The number of carboxylic acids is 1. The van der Waals surface area contributed by atoms with Crippen molar-refractivity contribution in [1.82, 2.24) is 10.6 Å². The molecular formula is C13H22N2O4. The van der Waals surface area contributed by atoms with Crippen molar-refractivity contribution >= 4 is 17.8 Å². The fraction of sp³-hybridized carbons (Fsp3) is 0.769. The first-order valence-corrected chi connectivity index (χ1v) is 6.77. The van der Waals surface area contributed by atoms with E-state index in [1.54, 1.807) is 0 Å². The lowest BCUT2D eigenvalue weighted by atomic mass is 9.97. The molecule has 6 nitrogen and oxygen atoms in total. The molecule has 1 rings (SSSR count). The summed E-state index contributed by atoms with van der Waals surface area (Å²) in [6.07, 6.45) is 4.52. The Morgan fingerprint density at radius 2 is 1.89 bits per heavy atom. The molecule has 0 saturated heterocycles. The van der Waals surface area contributed by atoms with Crippen LogP contribution in [0.2, 0.25) is 0 Å².